The molecule has 0 spiro atoms. The lowest BCUT2D eigenvalue weighted by Crippen LogP contribution is -2.50. The highest BCUT2D eigenvalue weighted by Crippen LogP contribution is 2.27. The number of benzene rings is 3. The van der Waals surface area contributed by atoms with Gasteiger partial charge in [-0.1, -0.05) is 35.3 Å². The van der Waals surface area contributed by atoms with Crippen LogP contribution in [0.1, 0.15) is 33.2 Å². The summed E-state index contributed by atoms with van der Waals surface area (Å²) in [4.78, 5) is 39.5. The zero-order valence-electron chi connectivity index (χ0n) is 20.9. The van der Waals surface area contributed by atoms with Gasteiger partial charge in [0.25, 0.3) is 5.91 Å². The van der Waals surface area contributed by atoms with Crippen molar-refractivity contribution in [3.05, 3.63) is 93.5 Å². The molecule has 1 saturated heterocycles. The van der Waals surface area contributed by atoms with Crippen molar-refractivity contribution < 1.29 is 27.5 Å². The Balaban J connectivity index is 1.48. The van der Waals surface area contributed by atoms with Crippen LogP contribution in [-0.4, -0.2) is 68.2 Å². The molecule has 2 amide bonds. The fourth-order valence-electron chi connectivity index (χ4n) is 4.05. The molecule has 3 aromatic carbocycles. The molecule has 1 N–H and O–H groups in total. The van der Waals surface area contributed by atoms with Gasteiger partial charge < -0.3 is 15.0 Å². The van der Waals surface area contributed by atoms with E-state index in [0.29, 0.717) is 5.02 Å². The number of nitrogens with zero attached hydrogens (tertiary/aromatic N) is 2. The van der Waals surface area contributed by atoms with Crippen LogP contribution in [0.25, 0.3) is 0 Å². The van der Waals surface area contributed by atoms with E-state index in [-0.39, 0.29) is 65.1 Å². The van der Waals surface area contributed by atoms with Crippen LogP contribution in [0.4, 0.5) is 10.5 Å². The number of halogens is 2. The molecule has 12 heteroatoms. The van der Waals surface area contributed by atoms with E-state index < -0.39 is 27.8 Å². The molecule has 0 unspecified atom stereocenters. The van der Waals surface area contributed by atoms with Gasteiger partial charge in [0.15, 0.2) is 5.78 Å². The van der Waals surface area contributed by atoms with E-state index in [4.69, 9.17) is 27.9 Å². The molecule has 4 rings (SSSR count). The van der Waals surface area contributed by atoms with Gasteiger partial charge in [-0.25, -0.2) is 13.2 Å². The molecular formula is C27H25Cl2N3O6S. The van der Waals surface area contributed by atoms with E-state index in [1.807, 2.05) is 0 Å². The van der Waals surface area contributed by atoms with Crippen molar-refractivity contribution in [1.82, 2.24) is 9.21 Å². The number of carbonyl (C=O) groups is 3. The van der Waals surface area contributed by atoms with Crippen molar-refractivity contribution in [2.75, 3.05) is 38.1 Å². The molecule has 39 heavy (non-hydrogen) atoms. The van der Waals surface area contributed by atoms with Crippen molar-refractivity contribution in [2.24, 2.45) is 0 Å². The van der Waals surface area contributed by atoms with E-state index in [1.165, 1.54) is 51.7 Å². The van der Waals surface area contributed by atoms with Crippen LogP contribution in [0.3, 0.4) is 0 Å². The van der Waals surface area contributed by atoms with Gasteiger partial charge in [0.1, 0.15) is 0 Å². The molecule has 1 heterocycles. The Morgan fingerprint density at radius 2 is 1.56 bits per heavy atom. The van der Waals surface area contributed by atoms with Gasteiger partial charge in [-0.2, -0.15) is 4.31 Å². The molecule has 0 aromatic heterocycles. The molecule has 0 atom stereocenters. The Morgan fingerprint density at radius 1 is 0.897 bits per heavy atom. The summed E-state index contributed by atoms with van der Waals surface area (Å²) in [5.41, 5.74) is 0.831. The van der Waals surface area contributed by atoms with Crippen LogP contribution in [-0.2, 0) is 14.8 Å². The fourth-order valence-corrected chi connectivity index (χ4v) is 5.87. The Morgan fingerprint density at radius 3 is 2.21 bits per heavy atom. The maximum absolute atomic E-state index is 13.2. The second-order valence-corrected chi connectivity index (χ2v) is 11.3. The third-order valence-corrected chi connectivity index (χ3v) is 8.59. The smallest absolute Gasteiger partial charge is 0.409 e. The number of ether oxygens (including phenoxy) is 1. The fraction of sp³-hybridized carbons (Fsp3) is 0.222. The van der Waals surface area contributed by atoms with Gasteiger partial charge in [0, 0.05) is 47.9 Å². The first-order valence-electron chi connectivity index (χ1n) is 12.0. The molecule has 3 aromatic rings. The van der Waals surface area contributed by atoms with Crippen LogP contribution in [0, 0.1) is 0 Å². The van der Waals surface area contributed by atoms with Gasteiger partial charge in [0.05, 0.1) is 22.2 Å². The van der Waals surface area contributed by atoms with Gasteiger partial charge in [-0.05, 0) is 61.5 Å². The Kier molecular flexibility index (Phi) is 8.91. The number of hydrogen-bond acceptors (Lipinski definition) is 6. The molecule has 1 aliphatic heterocycles. The second kappa shape index (κ2) is 12.2. The summed E-state index contributed by atoms with van der Waals surface area (Å²) in [5.74, 6) is -0.958. The second-order valence-electron chi connectivity index (χ2n) is 8.57. The highest BCUT2D eigenvalue weighted by molar-refractivity contribution is 7.89. The molecule has 9 nitrogen and oxygen atoms in total. The number of carbonyl (C=O) groups excluding carboxylic acids is 3. The summed E-state index contributed by atoms with van der Waals surface area (Å²) in [7, 11) is -3.83. The molecule has 204 valence electrons. The minimum Gasteiger partial charge on any atom is -0.450 e. The van der Waals surface area contributed by atoms with Gasteiger partial charge >= 0.3 is 6.09 Å². The summed E-state index contributed by atoms with van der Waals surface area (Å²) in [5, 5.41) is 3.27. The van der Waals surface area contributed by atoms with Crippen molar-refractivity contribution in [3.8, 4) is 0 Å². The summed E-state index contributed by atoms with van der Waals surface area (Å²) in [6.07, 6.45) is -0.470. The maximum Gasteiger partial charge on any atom is 0.409 e. The molecule has 1 aliphatic rings. The number of sulfonamides is 1. The minimum atomic E-state index is -3.83. The Hall–Kier alpha value is -3.44. The van der Waals surface area contributed by atoms with E-state index in [1.54, 1.807) is 31.2 Å². The lowest BCUT2D eigenvalue weighted by Gasteiger charge is -2.33. The Labute approximate surface area is 236 Å². The first kappa shape index (κ1) is 28.6. The molecular weight excluding hydrogens is 565 g/mol. The van der Waals surface area contributed by atoms with Crippen molar-refractivity contribution in [1.29, 1.82) is 0 Å². The van der Waals surface area contributed by atoms with E-state index in [9.17, 15) is 22.8 Å². The topological polar surface area (TPSA) is 113 Å². The molecule has 0 saturated carbocycles. The van der Waals surface area contributed by atoms with E-state index in [0.717, 1.165) is 0 Å². The van der Waals surface area contributed by atoms with Crippen LogP contribution in [0.2, 0.25) is 10.0 Å². The highest BCUT2D eigenvalue weighted by atomic mass is 35.5. The summed E-state index contributed by atoms with van der Waals surface area (Å²) in [6.45, 7) is 2.64. The highest BCUT2D eigenvalue weighted by Gasteiger charge is 2.30. The first-order chi connectivity index (χ1) is 18.6. The SMILES string of the molecule is CCOC(=O)N1CCN(S(=O)(=O)c2ccc(C(=O)Nc3ccc(Cl)cc3C(=O)c3ccccc3Cl)cc2)CC1. The van der Waals surface area contributed by atoms with Crippen LogP contribution < -0.4 is 5.32 Å². The molecule has 0 radical (unpaired) electrons. The van der Waals surface area contributed by atoms with Crippen LogP contribution in [0.15, 0.2) is 71.6 Å². The standard InChI is InChI=1S/C27H25Cl2N3O6S/c1-2-38-27(35)31-13-15-32(16-14-31)39(36,37)20-10-7-18(8-11-20)26(34)30-24-12-9-19(28)17-22(24)25(33)21-5-3-4-6-23(21)29/h3-12,17H,2,13-16H2,1H3,(H,30,34). The quantitative estimate of drug-likeness (QED) is 0.390. The zero-order valence-corrected chi connectivity index (χ0v) is 23.2. The number of nitrogens with one attached hydrogen (secondary N) is 1. The van der Waals surface area contributed by atoms with Gasteiger partial charge in [-0.15, -0.1) is 0 Å². The largest absolute Gasteiger partial charge is 0.450 e. The normalized spacial score (nSPS) is 14.1. The van der Waals surface area contributed by atoms with Gasteiger partial charge in [0.2, 0.25) is 10.0 Å². The number of piperazine rings is 1. The predicted molar refractivity (Wildman–Crippen MR) is 148 cm³/mol. The average Bonchev–Trinajstić information content (AvgIpc) is 2.94. The average molecular weight is 590 g/mol. The molecule has 0 aliphatic carbocycles. The first-order valence-corrected chi connectivity index (χ1v) is 14.2. The van der Waals surface area contributed by atoms with E-state index in [2.05, 4.69) is 5.32 Å². The number of amides is 2. The number of hydrogen-bond donors (Lipinski definition) is 1. The number of rotatable bonds is 7. The lowest BCUT2D eigenvalue weighted by atomic mass is 10.0. The van der Waals surface area contributed by atoms with Crippen LogP contribution >= 0.6 is 23.2 Å². The summed E-state index contributed by atoms with van der Waals surface area (Å²) < 4.78 is 32.5. The third-order valence-electron chi connectivity index (χ3n) is 6.11. The predicted octanol–water partition coefficient (Wildman–Crippen LogP) is 4.94. The van der Waals surface area contributed by atoms with Crippen molar-refractivity contribution in [2.45, 2.75) is 11.8 Å². The van der Waals surface area contributed by atoms with Crippen molar-refractivity contribution >= 4 is 56.7 Å². The zero-order chi connectivity index (χ0) is 28.2. The van der Waals surface area contributed by atoms with Gasteiger partial charge in [-0.3, -0.25) is 9.59 Å². The lowest BCUT2D eigenvalue weighted by molar-refractivity contribution is 0.0933. The van der Waals surface area contributed by atoms with Crippen molar-refractivity contribution in [3.63, 3.8) is 0 Å². The monoisotopic (exact) mass is 589 g/mol. The molecule has 0 bridgehead atoms. The van der Waals surface area contributed by atoms with E-state index >= 15 is 0 Å². The number of ketones is 1. The maximum atomic E-state index is 13.2. The third kappa shape index (κ3) is 6.42. The summed E-state index contributed by atoms with van der Waals surface area (Å²) in [6, 6.07) is 16.5. The number of anilines is 1. The minimum absolute atomic E-state index is 0.0183. The van der Waals surface area contributed by atoms with Crippen LogP contribution in [0.5, 0.6) is 0 Å². The summed E-state index contributed by atoms with van der Waals surface area (Å²) >= 11 is 12.3. The molecule has 1 fully saturated rings. The Bertz CT molecular complexity index is 1500.